The van der Waals surface area contributed by atoms with Gasteiger partial charge in [-0.05, 0) is 49.6 Å². The summed E-state index contributed by atoms with van der Waals surface area (Å²) in [5.74, 6) is -0.557. The minimum absolute atomic E-state index is 0.0787. The Hall–Kier alpha value is -2.96. The highest BCUT2D eigenvalue weighted by molar-refractivity contribution is 5.94. The molecule has 0 radical (unpaired) electrons. The molecule has 7 heteroatoms. The van der Waals surface area contributed by atoms with Crippen molar-refractivity contribution in [2.24, 2.45) is 0 Å². The fourth-order valence-electron chi connectivity index (χ4n) is 3.09. The number of hydrogen-bond donors (Lipinski definition) is 1. The van der Waals surface area contributed by atoms with E-state index in [9.17, 15) is 19.3 Å². The van der Waals surface area contributed by atoms with Crippen molar-refractivity contribution in [3.63, 3.8) is 0 Å². The van der Waals surface area contributed by atoms with E-state index < -0.39 is 4.92 Å². The summed E-state index contributed by atoms with van der Waals surface area (Å²) < 4.78 is 13.4. The van der Waals surface area contributed by atoms with Crippen LogP contribution >= 0.6 is 0 Å². The number of nitrogens with one attached hydrogen (secondary N) is 1. The van der Waals surface area contributed by atoms with Crippen LogP contribution in [-0.2, 0) is 11.2 Å². The number of halogens is 1. The van der Waals surface area contributed by atoms with Gasteiger partial charge in [-0.2, -0.15) is 0 Å². The number of carbonyl (C=O) groups excluding carboxylic acids is 1. The van der Waals surface area contributed by atoms with Gasteiger partial charge in [-0.1, -0.05) is 6.07 Å². The molecule has 0 spiro atoms. The molecule has 1 aliphatic heterocycles. The minimum Gasteiger partial charge on any atom is -0.359 e. The lowest BCUT2D eigenvalue weighted by atomic mass is 9.96. The Bertz CT molecular complexity index is 825. The van der Waals surface area contributed by atoms with Crippen LogP contribution in [0.2, 0.25) is 0 Å². The zero-order valence-electron chi connectivity index (χ0n) is 13.7. The van der Waals surface area contributed by atoms with Crippen LogP contribution in [0.5, 0.6) is 0 Å². The second-order valence-corrected chi connectivity index (χ2v) is 6.14. The Kier molecular flexibility index (Phi) is 4.65. The lowest BCUT2D eigenvalue weighted by Gasteiger charge is -2.36. The average Bonchev–Trinajstić information content (AvgIpc) is 2.57. The molecule has 3 rings (SSSR count). The standard InChI is InChI=1S/C18H18FN3O3/c1-12-5-6-13-9-14(19)7-8-17(13)21(12)11-18(23)20-15-3-2-4-16(10-15)22(24)25/h2-4,7-10,12H,5-6,11H2,1H3,(H,20,23). The van der Waals surface area contributed by atoms with Gasteiger partial charge in [-0.25, -0.2) is 4.39 Å². The van der Waals surface area contributed by atoms with Crippen molar-refractivity contribution >= 4 is 23.0 Å². The lowest BCUT2D eigenvalue weighted by Crippen LogP contribution is -2.42. The first-order valence-electron chi connectivity index (χ1n) is 8.03. The maximum absolute atomic E-state index is 13.4. The molecule has 1 aliphatic rings. The largest absolute Gasteiger partial charge is 0.359 e. The number of nitro groups is 1. The monoisotopic (exact) mass is 343 g/mol. The first kappa shape index (κ1) is 16.9. The Morgan fingerprint density at radius 3 is 2.92 bits per heavy atom. The number of hydrogen-bond acceptors (Lipinski definition) is 4. The van der Waals surface area contributed by atoms with Crippen molar-refractivity contribution in [1.82, 2.24) is 0 Å². The highest BCUT2D eigenvalue weighted by Crippen LogP contribution is 2.31. The molecule has 2 aromatic carbocycles. The van der Waals surface area contributed by atoms with Crippen LogP contribution in [0.1, 0.15) is 18.9 Å². The van der Waals surface area contributed by atoms with Crippen molar-refractivity contribution in [1.29, 1.82) is 0 Å². The molecule has 25 heavy (non-hydrogen) atoms. The molecule has 1 unspecified atom stereocenters. The van der Waals surface area contributed by atoms with Crippen LogP contribution in [0, 0.1) is 15.9 Å². The van der Waals surface area contributed by atoms with Crippen LogP contribution in [0.3, 0.4) is 0 Å². The van der Waals surface area contributed by atoms with Crippen molar-refractivity contribution in [2.75, 3.05) is 16.8 Å². The quantitative estimate of drug-likeness (QED) is 0.681. The first-order valence-corrected chi connectivity index (χ1v) is 8.03. The molecular weight excluding hydrogens is 325 g/mol. The molecule has 2 aromatic rings. The van der Waals surface area contributed by atoms with E-state index in [1.165, 1.54) is 30.3 Å². The van der Waals surface area contributed by atoms with Gasteiger partial charge in [0.1, 0.15) is 5.82 Å². The summed E-state index contributed by atoms with van der Waals surface area (Å²) in [5, 5.41) is 13.5. The lowest BCUT2D eigenvalue weighted by molar-refractivity contribution is -0.384. The van der Waals surface area contributed by atoms with Crippen LogP contribution in [0.25, 0.3) is 0 Å². The fraction of sp³-hybridized carbons (Fsp3) is 0.278. The molecule has 0 aromatic heterocycles. The SMILES string of the molecule is CC1CCc2cc(F)ccc2N1CC(=O)Nc1cccc([N+](=O)[O-])c1. The number of carbonyl (C=O) groups is 1. The van der Waals surface area contributed by atoms with Crippen LogP contribution in [0.15, 0.2) is 42.5 Å². The van der Waals surface area contributed by atoms with E-state index in [0.29, 0.717) is 5.69 Å². The number of aryl methyl sites for hydroxylation is 1. The average molecular weight is 343 g/mol. The summed E-state index contributed by atoms with van der Waals surface area (Å²) in [5.41, 5.74) is 2.05. The third-order valence-electron chi connectivity index (χ3n) is 4.37. The third kappa shape index (κ3) is 3.76. The van der Waals surface area contributed by atoms with E-state index in [-0.39, 0.29) is 30.0 Å². The number of benzene rings is 2. The summed E-state index contributed by atoms with van der Waals surface area (Å²) in [6.07, 6.45) is 1.61. The van der Waals surface area contributed by atoms with E-state index in [1.807, 2.05) is 11.8 Å². The van der Waals surface area contributed by atoms with E-state index in [4.69, 9.17) is 0 Å². The van der Waals surface area contributed by atoms with Crippen molar-refractivity contribution in [2.45, 2.75) is 25.8 Å². The molecule has 0 saturated carbocycles. The molecule has 1 heterocycles. The fourth-order valence-corrected chi connectivity index (χ4v) is 3.09. The smallest absolute Gasteiger partial charge is 0.271 e. The van der Waals surface area contributed by atoms with Gasteiger partial charge in [0.25, 0.3) is 5.69 Å². The van der Waals surface area contributed by atoms with E-state index >= 15 is 0 Å². The predicted octanol–water partition coefficient (Wildman–Crippen LogP) is 3.51. The Morgan fingerprint density at radius 1 is 1.36 bits per heavy atom. The summed E-state index contributed by atoms with van der Waals surface area (Å²) >= 11 is 0. The van der Waals surface area contributed by atoms with Gasteiger partial charge < -0.3 is 10.2 Å². The molecule has 1 amide bonds. The molecule has 0 bridgehead atoms. The molecule has 0 aliphatic carbocycles. The van der Waals surface area contributed by atoms with Gasteiger partial charge in [0, 0.05) is 29.5 Å². The van der Waals surface area contributed by atoms with Crippen molar-refractivity contribution in [3.05, 3.63) is 64.0 Å². The van der Waals surface area contributed by atoms with Crippen molar-refractivity contribution < 1.29 is 14.1 Å². The number of anilines is 2. The van der Waals surface area contributed by atoms with E-state index in [2.05, 4.69) is 5.32 Å². The molecule has 0 fully saturated rings. The van der Waals surface area contributed by atoms with Gasteiger partial charge in [0.15, 0.2) is 0 Å². The molecule has 1 atom stereocenters. The van der Waals surface area contributed by atoms with E-state index in [0.717, 1.165) is 24.1 Å². The highest BCUT2D eigenvalue weighted by Gasteiger charge is 2.25. The summed E-state index contributed by atoms with van der Waals surface area (Å²) in [6, 6.07) is 10.6. The maximum Gasteiger partial charge on any atom is 0.271 e. The maximum atomic E-state index is 13.4. The number of nitrogens with zero attached hydrogens (tertiary/aromatic N) is 2. The van der Waals surface area contributed by atoms with Crippen LogP contribution < -0.4 is 10.2 Å². The Morgan fingerprint density at radius 2 is 2.16 bits per heavy atom. The van der Waals surface area contributed by atoms with Gasteiger partial charge in [-0.15, -0.1) is 0 Å². The van der Waals surface area contributed by atoms with Gasteiger partial charge in [0.05, 0.1) is 11.5 Å². The number of amides is 1. The number of nitro benzene ring substituents is 1. The van der Waals surface area contributed by atoms with Gasteiger partial charge in [-0.3, -0.25) is 14.9 Å². The Balaban J connectivity index is 1.75. The molecule has 1 N–H and O–H groups in total. The first-order chi connectivity index (χ1) is 11.9. The zero-order valence-corrected chi connectivity index (χ0v) is 13.7. The molecule has 0 saturated heterocycles. The van der Waals surface area contributed by atoms with Gasteiger partial charge in [0.2, 0.25) is 5.91 Å². The van der Waals surface area contributed by atoms with Crippen molar-refractivity contribution in [3.8, 4) is 0 Å². The highest BCUT2D eigenvalue weighted by atomic mass is 19.1. The zero-order chi connectivity index (χ0) is 18.0. The molecular formula is C18H18FN3O3. The summed E-state index contributed by atoms with van der Waals surface area (Å²) in [4.78, 5) is 24.6. The number of non-ortho nitro benzene ring substituents is 1. The van der Waals surface area contributed by atoms with E-state index in [1.54, 1.807) is 12.1 Å². The van der Waals surface area contributed by atoms with Gasteiger partial charge >= 0.3 is 0 Å². The third-order valence-corrected chi connectivity index (χ3v) is 4.37. The topological polar surface area (TPSA) is 75.5 Å². The normalized spacial score (nSPS) is 16.2. The minimum atomic E-state index is -0.507. The molecule has 130 valence electrons. The summed E-state index contributed by atoms with van der Waals surface area (Å²) in [6.45, 7) is 2.12. The van der Waals surface area contributed by atoms with Crippen LogP contribution in [-0.4, -0.2) is 23.4 Å². The second-order valence-electron chi connectivity index (χ2n) is 6.14. The molecule has 6 nitrogen and oxygen atoms in total. The number of fused-ring (bicyclic) bond motifs is 1. The summed E-state index contributed by atoms with van der Waals surface area (Å²) in [7, 11) is 0. The predicted molar refractivity (Wildman–Crippen MR) is 93.3 cm³/mol. The second kappa shape index (κ2) is 6.88. The Labute approximate surface area is 144 Å². The number of rotatable bonds is 4. The van der Waals surface area contributed by atoms with Crippen LogP contribution in [0.4, 0.5) is 21.5 Å².